The Morgan fingerprint density at radius 3 is 2.28 bits per heavy atom. The van der Waals surface area contributed by atoms with Crippen LogP contribution in [0.2, 0.25) is 5.02 Å². The van der Waals surface area contributed by atoms with Crippen LogP contribution in [0.4, 0.5) is 0 Å². The van der Waals surface area contributed by atoms with Crippen LogP contribution in [0.1, 0.15) is 42.1 Å². The fourth-order valence-corrected chi connectivity index (χ4v) is 4.48. The third-order valence-corrected chi connectivity index (χ3v) is 6.86. The zero-order valence-corrected chi connectivity index (χ0v) is 18.4. The third-order valence-electron chi connectivity index (χ3n) is 6.50. The van der Waals surface area contributed by atoms with Gasteiger partial charge < -0.3 is 35.0 Å². The van der Waals surface area contributed by atoms with E-state index in [1.807, 2.05) is 24.3 Å². The molecular formula is C24H29ClO7. The lowest BCUT2D eigenvalue weighted by atomic mass is 9.80. The molecule has 0 amide bonds. The van der Waals surface area contributed by atoms with Crippen molar-refractivity contribution in [2.75, 3.05) is 13.2 Å². The Hall–Kier alpha value is -1.71. The Kier molecular flexibility index (Phi) is 7.07. The molecule has 1 aliphatic heterocycles. The van der Waals surface area contributed by atoms with E-state index in [9.17, 15) is 25.5 Å². The van der Waals surface area contributed by atoms with E-state index in [0.717, 1.165) is 30.4 Å². The summed E-state index contributed by atoms with van der Waals surface area (Å²) in [6, 6.07) is 12.8. The van der Waals surface area contributed by atoms with Crippen molar-refractivity contribution in [2.24, 2.45) is 0 Å². The predicted molar refractivity (Wildman–Crippen MR) is 118 cm³/mol. The Morgan fingerprint density at radius 1 is 0.969 bits per heavy atom. The third kappa shape index (κ3) is 4.65. The molecule has 1 saturated carbocycles. The summed E-state index contributed by atoms with van der Waals surface area (Å²) in [4.78, 5) is 0. The standard InChI is InChI=1S/C24H29ClO7/c25-18-7-4-15(23-22(30)21(29)20(28)19(12-26)31-23)11-16(18)10-14-2-5-17(6-3-14)32-24(13-27)8-1-9-24/h2-7,11,19-23,26-30H,1,8-10,12-13H2/t19-,20-,21?,22-,23+/m1/s1. The lowest BCUT2D eigenvalue weighted by Gasteiger charge is -2.40. The molecule has 2 fully saturated rings. The highest BCUT2D eigenvalue weighted by Gasteiger charge is 2.44. The van der Waals surface area contributed by atoms with Gasteiger partial charge in [-0.05, 0) is 60.6 Å². The summed E-state index contributed by atoms with van der Waals surface area (Å²) in [6.07, 6.45) is -2.77. The predicted octanol–water partition coefficient (Wildman–Crippen LogP) is 1.74. The van der Waals surface area contributed by atoms with Gasteiger partial charge in [0.05, 0.1) is 13.2 Å². The zero-order valence-electron chi connectivity index (χ0n) is 17.6. The molecule has 0 bridgehead atoms. The van der Waals surface area contributed by atoms with Crippen molar-refractivity contribution in [3.8, 4) is 5.75 Å². The molecule has 0 aromatic heterocycles. The topological polar surface area (TPSA) is 120 Å². The highest BCUT2D eigenvalue weighted by Crippen LogP contribution is 2.37. The lowest BCUT2D eigenvalue weighted by molar-refractivity contribution is -0.231. The minimum atomic E-state index is -1.43. The van der Waals surface area contributed by atoms with Crippen LogP contribution in [0.15, 0.2) is 42.5 Å². The molecule has 4 rings (SSSR count). The summed E-state index contributed by atoms with van der Waals surface area (Å²) in [5.41, 5.74) is 1.94. The van der Waals surface area contributed by atoms with Crippen molar-refractivity contribution in [3.63, 3.8) is 0 Å². The molecule has 1 heterocycles. The highest BCUT2D eigenvalue weighted by molar-refractivity contribution is 6.31. The van der Waals surface area contributed by atoms with Crippen molar-refractivity contribution in [1.29, 1.82) is 0 Å². The molecule has 2 aromatic rings. The van der Waals surface area contributed by atoms with Crippen LogP contribution in [0, 0.1) is 0 Å². The molecule has 1 saturated heterocycles. The first-order valence-electron chi connectivity index (χ1n) is 10.8. The van der Waals surface area contributed by atoms with Crippen molar-refractivity contribution >= 4 is 11.6 Å². The highest BCUT2D eigenvalue weighted by atomic mass is 35.5. The first-order chi connectivity index (χ1) is 15.4. The molecule has 174 valence electrons. The molecule has 0 radical (unpaired) electrons. The Morgan fingerprint density at radius 2 is 1.69 bits per heavy atom. The molecule has 2 aliphatic rings. The van der Waals surface area contributed by atoms with Crippen LogP contribution in [0.3, 0.4) is 0 Å². The number of rotatable bonds is 7. The summed E-state index contributed by atoms with van der Waals surface area (Å²) in [7, 11) is 0. The van der Waals surface area contributed by atoms with Crippen molar-refractivity contribution < 1.29 is 35.0 Å². The van der Waals surface area contributed by atoms with Gasteiger partial charge >= 0.3 is 0 Å². The number of benzene rings is 2. The quantitative estimate of drug-likeness (QED) is 0.423. The van der Waals surface area contributed by atoms with Crippen LogP contribution in [-0.2, 0) is 11.2 Å². The second kappa shape index (κ2) is 9.65. The summed E-state index contributed by atoms with van der Waals surface area (Å²) in [6.45, 7) is -0.469. The monoisotopic (exact) mass is 464 g/mol. The molecule has 2 aromatic carbocycles. The molecule has 5 atom stereocenters. The zero-order chi connectivity index (χ0) is 22.9. The molecule has 7 nitrogen and oxygen atoms in total. The molecule has 32 heavy (non-hydrogen) atoms. The van der Waals surface area contributed by atoms with Gasteiger partial charge in [0.25, 0.3) is 0 Å². The first-order valence-corrected chi connectivity index (χ1v) is 11.2. The molecule has 1 aliphatic carbocycles. The van der Waals surface area contributed by atoms with Gasteiger partial charge in [0, 0.05) is 5.02 Å². The van der Waals surface area contributed by atoms with Crippen LogP contribution in [0.5, 0.6) is 5.75 Å². The van der Waals surface area contributed by atoms with Gasteiger partial charge in [0.2, 0.25) is 0 Å². The number of hydrogen-bond donors (Lipinski definition) is 5. The van der Waals surface area contributed by atoms with Gasteiger partial charge in [0.15, 0.2) is 0 Å². The van der Waals surface area contributed by atoms with E-state index in [-0.39, 0.29) is 6.61 Å². The summed E-state index contributed by atoms with van der Waals surface area (Å²) < 4.78 is 11.6. The fraction of sp³-hybridized carbons (Fsp3) is 0.500. The molecule has 8 heteroatoms. The smallest absolute Gasteiger partial charge is 0.132 e. The molecular weight excluding hydrogens is 436 g/mol. The van der Waals surface area contributed by atoms with Crippen molar-refractivity contribution in [2.45, 2.75) is 61.8 Å². The van der Waals surface area contributed by atoms with Gasteiger partial charge in [-0.25, -0.2) is 0 Å². The van der Waals surface area contributed by atoms with E-state index in [4.69, 9.17) is 21.1 Å². The summed E-state index contributed by atoms with van der Waals surface area (Å²) >= 11 is 6.41. The largest absolute Gasteiger partial charge is 0.485 e. The minimum Gasteiger partial charge on any atom is -0.485 e. The second-order valence-electron chi connectivity index (χ2n) is 8.72. The molecule has 0 spiro atoms. The van der Waals surface area contributed by atoms with E-state index in [2.05, 4.69) is 0 Å². The average molecular weight is 465 g/mol. The van der Waals surface area contributed by atoms with Gasteiger partial charge in [0.1, 0.15) is 41.9 Å². The van der Waals surface area contributed by atoms with Crippen LogP contribution in [-0.4, -0.2) is 68.8 Å². The number of halogens is 1. The van der Waals surface area contributed by atoms with E-state index in [1.54, 1.807) is 18.2 Å². The van der Waals surface area contributed by atoms with Gasteiger partial charge in [-0.1, -0.05) is 35.9 Å². The number of ether oxygens (including phenoxy) is 2. The molecule has 1 unspecified atom stereocenters. The maximum atomic E-state index is 10.4. The maximum absolute atomic E-state index is 10.4. The van der Waals surface area contributed by atoms with Gasteiger partial charge in [-0.15, -0.1) is 0 Å². The summed E-state index contributed by atoms with van der Waals surface area (Å²) in [5.74, 6) is 0.712. The average Bonchev–Trinajstić information content (AvgIpc) is 2.78. The van der Waals surface area contributed by atoms with Crippen molar-refractivity contribution in [1.82, 2.24) is 0 Å². The van der Waals surface area contributed by atoms with Crippen LogP contribution in [0.25, 0.3) is 0 Å². The van der Waals surface area contributed by atoms with Gasteiger partial charge in [-0.3, -0.25) is 0 Å². The number of aliphatic hydroxyl groups is 5. The lowest BCUT2D eigenvalue weighted by Crippen LogP contribution is -2.55. The SMILES string of the molecule is OC[C@H]1O[C@@H](c2ccc(Cl)c(Cc3ccc(OC4(CO)CCC4)cc3)c2)[C@H](O)C(O)[C@@H]1O. The Balaban J connectivity index is 1.49. The van der Waals surface area contributed by atoms with E-state index in [0.29, 0.717) is 22.8 Å². The van der Waals surface area contributed by atoms with Gasteiger partial charge in [-0.2, -0.15) is 0 Å². The van der Waals surface area contributed by atoms with E-state index >= 15 is 0 Å². The Bertz CT molecular complexity index is 908. The van der Waals surface area contributed by atoms with Crippen LogP contribution >= 0.6 is 11.6 Å². The second-order valence-corrected chi connectivity index (χ2v) is 9.13. The fourth-order valence-electron chi connectivity index (χ4n) is 4.29. The molecule has 5 N–H and O–H groups in total. The number of hydrogen-bond acceptors (Lipinski definition) is 7. The van der Waals surface area contributed by atoms with Crippen molar-refractivity contribution in [3.05, 3.63) is 64.2 Å². The minimum absolute atomic E-state index is 0.00903. The Labute approximate surface area is 191 Å². The summed E-state index contributed by atoms with van der Waals surface area (Å²) in [5, 5.41) is 50.1. The normalized spacial score (nSPS) is 29.4. The first kappa shape index (κ1) is 23.4. The van der Waals surface area contributed by atoms with E-state index < -0.39 is 42.7 Å². The maximum Gasteiger partial charge on any atom is 0.132 e. The van der Waals surface area contributed by atoms with Crippen LogP contribution < -0.4 is 4.74 Å². The van der Waals surface area contributed by atoms with E-state index in [1.165, 1.54) is 0 Å². The number of aliphatic hydroxyl groups excluding tert-OH is 5.